The van der Waals surface area contributed by atoms with E-state index in [4.69, 9.17) is 22.1 Å². The molecule has 0 radical (unpaired) electrons. The monoisotopic (exact) mass is 371 g/mol. The van der Waals surface area contributed by atoms with Gasteiger partial charge in [0.05, 0.1) is 4.47 Å². The Labute approximate surface area is 137 Å². The highest BCUT2D eigenvalue weighted by Gasteiger charge is 2.16. The van der Waals surface area contributed by atoms with Crippen LogP contribution in [0.25, 0.3) is 0 Å². The molecule has 0 aliphatic rings. The molecule has 0 amide bonds. The van der Waals surface area contributed by atoms with Crippen LogP contribution in [0.4, 0.5) is 4.39 Å². The Balaban J connectivity index is 1.98. The topological polar surface area (TPSA) is 35.2 Å². The first kappa shape index (κ1) is 16.3. The molecule has 21 heavy (non-hydrogen) atoms. The van der Waals surface area contributed by atoms with Gasteiger partial charge in [-0.2, -0.15) is 0 Å². The summed E-state index contributed by atoms with van der Waals surface area (Å²) >= 11 is 9.09. The normalized spacial score (nSPS) is 13.8. The molecule has 112 valence electrons. The second kappa shape index (κ2) is 7.25. The Morgan fingerprint density at radius 1 is 1.29 bits per heavy atom. The fourth-order valence-electron chi connectivity index (χ4n) is 1.95. The zero-order chi connectivity index (χ0) is 15.4. The van der Waals surface area contributed by atoms with Crippen molar-refractivity contribution < 1.29 is 9.13 Å². The average molecular weight is 373 g/mol. The second-order valence-corrected chi connectivity index (χ2v) is 6.19. The summed E-state index contributed by atoms with van der Waals surface area (Å²) in [5.74, 6) is 0.404. The Morgan fingerprint density at radius 3 is 2.71 bits per heavy atom. The van der Waals surface area contributed by atoms with Crippen LogP contribution in [0.5, 0.6) is 5.75 Å². The van der Waals surface area contributed by atoms with Gasteiger partial charge in [-0.1, -0.05) is 23.7 Å². The molecular weight excluding hydrogens is 357 g/mol. The lowest BCUT2D eigenvalue weighted by Crippen LogP contribution is -2.38. The van der Waals surface area contributed by atoms with Crippen LogP contribution in [0.15, 0.2) is 46.9 Å². The van der Waals surface area contributed by atoms with Crippen molar-refractivity contribution in [3.8, 4) is 5.75 Å². The lowest BCUT2D eigenvalue weighted by Gasteiger charge is -2.22. The zero-order valence-electron chi connectivity index (χ0n) is 11.5. The molecule has 2 aromatic carbocycles. The van der Waals surface area contributed by atoms with Crippen molar-refractivity contribution in [1.29, 1.82) is 0 Å². The third-order valence-electron chi connectivity index (χ3n) is 3.18. The summed E-state index contributed by atoms with van der Waals surface area (Å²) in [6.45, 7) is 1.91. The molecule has 2 aromatic rings. The third-order valence-corrected chi connectivity index (χ3v) is 4.02. The first-order valence-corrected chi connectivity index (χ1v) is 7.74. The molecule has 0 spiro atoms. The minimum atomic E-state index is -0.282. The largest absolute Gasteiger partial charge is 0.489 e. The van der Waals surface area contributed by atoms with Crippen molar-refractivity contribution in [3.05, 3.63) is 63.3 Å². The molecule has 0 bridgehead atoms. The van der Waals surface area contributed by atoms with E-state index in [1.54, 1.807) is 24.3 Å². The van der Waals surface area contributed by atoms with Gasteiger partial charge < -0.3 is 10.5 Å². The maximum Gasteiger partial charge on any atom is 0.137 e. The van der Waals surface area contributed by atoms with E-state index in [1.807, 2.05) is 19.1 Å². The summed E-state index contributed by atoms with van der Waals surface area (Å²) in [6, 6.07) is 11.9. The predicted molar refractivity (Wildman–Crippen MR) is 87.3 cm³/mol. The quantitative estimate of drug-likeness (QED) is 0.834. The molecule has 0 aliphatic heterocycles. The van der Waals surface area contributed by atoms with E-state index in [9.17, 15) is 4.39 Å². The lowest BCUT2D eigenvalue weighted by atomic mass is 10.0. The van der Waals surface area contributed by atoms with Crippen LogP contribution in [-0.2, 0) is 6.42 Å². The minimum Gasteiger partial charge on any atom is -0.489 e. The fourth-order valence-corrected chi connectivity index (χ4v) is 2.55. The smallest absolute Gasteiger partial charge is 0.137 e. The van der Waals surface area contributed by atoms with E-state index >= 15 is 0 Å². The molecule has 2 rings (SSSR count). The highest BCUT2D eigenvalue weighted by atomic mass is 79.9. The lowest BCUT2D eigenvalue weighted by molar-refractivity contribution is 0.189. The summed E-state index contributed by atoms with van der Waals surface area (Å²) in [5.41, 5.74) is 7.11. The summed E-state index contributed by atoms with van der Waals surface area (Å²) < 4.78 is 19.4. The highest BCUT2D eigenvalue weighted by molar-refractivity contribution is 9.10. The standard InChI is InChI=1S/C16H16BrClFNO/c1-10(21-13-4-2-3-12(18)9-13)16(20)8-11-5-6-15(19)14(17)7-11/h2-7,9-10,16H,8,20H2,1H3. The van der Waals surface area contributed by atoms with Crippen molar-refractivity contribution in [2.45, 2.75) is 25.5 Å². The fraction of sp³-hybridized carbons (Fsp3) is 0.250. The summed E-state index contributed by atoms with van der Waals surface area (Å²) in [7, 11) is 0. The maximum absolute atomic E-state index is 13.2. The highest BCUT2D eigenvalue weighted by Crippen LogP contribution is 2.21. The van der Waals surface area contributed by atoms with Gasteiger partial charge in [0.25, 0.3) is 0 Å². The number of hydrogen-bond acceptors (Lipinski definition) is 2. The number of halogens is 3. The van der Waals surface area contributed by atoms with E-state index in [0.29, 0.717) is 21.7 Å². The van der Waals surface area contributed by atoms with Crippen LogP contribution in [0.3, 0.4) is 0 Å². The van der Waals surface area contributed by atoms with Crippen molar-refractivity contribution in [1.82, 2.24) is 0 Å². The van der Waals surface area contributed by atoms with Gasteiger partial charge in [0.2, 0.25) is 0 Å². The Hall–Kier alpha value is -1.10. The van der Waals surface area contributed by atoms with Gasteiger partial charge in [-0.15, -0.1) is 0 Å². The molecule has 0 saturated heterocycles. The molecule has 2 N–H and O–H groups in total. The van der Waals surface area contributed by atoms with Crippen molar-refractivity contribution in [2.24, 2.45) is 5.73 Å². The number of ether oxygens (including phenoxy) is 1. The molecule has 0 aliphatic carbocycles. The van der Waals surface area contributed by atoms with E-state index in [2.05, 4.69) is 15.9 Å². The van der Waals surface area contributed by atoms with Gasteiger partial charge in [0.15, 0.2) is 0 Å². The number of benzene rings is 2. The molecule has 5 heteroatoms. The average Bonchev–Trinajstić information content (AvgIpc) is 2.43. The van der Waals surface area contributed by atoms with Crippen LogP contribution in [0, 0.1) is 5.82 Å². The van der Waals surface area contributed by atoms with Gasteiger partial charge in [0, 0.05) is 11.1 Å². The van der Waals surface area contributed by atoms with Gasteiger partial charge in [-0.3, -0.25) is 0 Å². The number of nitrogens with two attached hydrogens (primary N) is 1. The van der Waals surface area contributed by atoms with Gasteiger partial charge in [-0.25, -0.2) is 4.39 Å². The third kappa shape index (κ3) is 4.70. The maximum atomic E-state index is 13.2. The first-order chi connectivity index (χ1) is 9.95. The Morgan fingerprint density at radius 2 is 2.05 bits per heavy atom. The predicted octanol–water partition coefficient (Wildman–Crippen LogP) is 4.58. The van der Waals surface area contributed by atoms with E-state index in [-0.39, 0.29) is 18.0 Å². The summed E-state index contributed by atoms with van der Waals surface area (Å²) in [4.78, 5) is 0. The first-order valence-electron chi connectivity index (χ1n) is 6.57. The Kier molecular flexibility index (Phi) is 5.62. The number of rotatable bonds is 5. The minimum absolute atomic E-state index is 0.188. The van der Waals surface area contributed by atoms with Crippen molar-refractivity contribution in [2.75, 3.05) is 0 Å². The molecule has 0 fully saturated rings. The van der Waals surface area contributed by atoms with E-state index in [1.165, 1.54) is 6.07 Å². The van der Waals surface area contributed by atoms with Crippen LogP contribution in [0.2, 0.25) is 5.02 Å². The van der Waals surface area contributed by atoms with E-state index < -0.39 is 0 Å². The van der Waals surface area contributed by atoms with Crippen LogP contribution in [0.1, 0.15) is 12.5 Å². The Bertz CT molecular complexity index is 623. The number of hydrogen-bond donors (Lipinski definition) is 1. The van der Waals surface area contributed by atoms with Crippen molar-refractivity contribution in [3.63, 3.8) is 0 Å². The van der Waals surface area contributed by atoms with Gasteiger partial charge >= 0.3 is 0 Å². The van der Waals surface area contributed by atoms with Gasteiger partial charge in [-0.05, 0) is 65.2 Å². The second-order valence-electron chi connectivity index (χ2n) is 4.90. The molecule has 0 heterocycles. The van der Waals surface area contributed by atoms with Crippen LogP contribution >= 0.6 is 27.5 Å². The molecule has 0 aromatic heterocycles. The van der Waals surface area contributed by atoms with Crippen LogP contribution in [-0.4, -0.2) is 12.1 Å². The van der Waals surface area contributed by atoms with Gasteiger partial charge in [0.1, 0.15) is 17.7 Å². The summed E-state index contributed by atoms with van der Waals surface area (Å²) in [5, 5.41) is 0.621. The SMILES string of the molecule is CC(Oc1cccc(Cl)c1)C(N)Cc1ccc(F)c(Br)c1. The summed E-state index contributed by atoms with van der Waals surface area (Å²) in [6.07, 6.45) is 0.410. The molecule has 2 unspecified atom stereocenters. The van der Waals surface area contributed by atoms with Crippen LogP contribution < -0.4 is 10.5 Å². The van der Waals surface area contributed by atoms with E-state index in [0.717, 1.165) is 5.56 Å². The van der Waals surface area contributed by atoms with Crippen molar-refractivity contribution >= 4 is 27.5 Å². The molecular formula is C16H16BrClFNO. The molecule has 2 nitrogen and oxygen atoms in total. The molecule has 2 atom stereocenters. The molecule has 0 saturated carbocycles. The zero-order valence-corrected chi connectivity index (χ0v) is 13.9.